The van der Waals surface area contributed by atoms with E-state index in [1.807, 2.05) is 0 Å². The van der Waals surface area contributed by atoms with Crippen LogP contribution in [0.25, 0.3) is 0 Å². The van der Waals surface area contributed by atoms with E-state index in [2.05, 4.69) is 21.8 Å². The van der Waals surface area contributed by atoms with Gasteiger partial charge in [-0.3, -0.25) is 5.10 Å². The molecule has 0 unspecified atom stereocenters. The van der Waals surface area contributed by atoms with Crippen LogP contribution >= 0.6 is 0 Å². The molecule has 0 bridgehead atoms. The van der Waals surface area contributed by atoms with Crippen molar-refractivity contribution in [2.24, 2.45) is 0 Å². The molecule has 17 heavy (non-hydrogen) atoms. The van der Waals surface area contributed by atoms with Crippen molar-refractivity contribution in [3.8, 4) is 0 Å². The van der Waals surface area contributed by atoms with E-state index in [1.165, 1.54) is 6.20 Å². The number of hydrogen-bond acceptors (Lipinski definition) is 4. The predicted octanol–water partition coefficient (Wildman–Crippen LogP) is 0.813. The summed E-state index contributed by atoms with van der Waals surface area (Å²) in [5.41, 5.74) is 0.532. The van der Waals surface area contributed by atoms with Gasteiger partial charge in [0.15, 0.2) is 0 Å². The summed E-state index contributed by atoms with van der Waals surface area (Å²) in [6.45, 7) is 5.07. The summed E-state index contributed by atoms with van der Waals surface area (Å²) in [6.07, 6.45) is 3.36. The van der Waals surface area contributed by atoms with Gasteiger partial charge < -0.3 is 4.74 Å². The Hall–Kier alpha value is -0.920. The number of nitrogens with one attached hydrogen (secondary N) is 2. The minimum absolute atomic E-state index is 0.186. The smallest absolute Gasteiger partial charge is 0.244 e. The minimum Gasteiger partial charge on any atom is -0.380 e. The third kappa shape index (κ3) is 4.45. The standard InChI is InChI=1S/C10H19N3O3S/c1-3-4-6-16-7-5-12-17(14,15)10-8-11-13-9(10)2/h8,12H,3-7H2,1-2H3,(H,11,13). The molecule has 98 valence electrons. The molecule has 0 saturated carbocycles. The van der Waals surface area contributed by atoms with Gasteiger partial charge in [-0.1, -0.05) is 13.3 Å². The molecule has 0 amide bonds. The molecular weight excluding hydrogens is 242 g/mol. The fourth-order valence-corrected chi connectivity index (χ4v) is 2.43. The maximum absolute atomic E-state index is 11.8. The van der Waals surface area contributed by atoms with Crippen molar-refractivity contribution < 1.29 is 13.2 Å². The molecule has 1 heterocycles. The highest BCUT2D eigenvalue weighted by atomic mass is 32.2. The van der Waals surface area contributed by atoms with Crippen LogP contribution in [0.5, 0.6) is 0 Å². The van der Waals surface area contributed by atoms with Crippen LogP contribution in [0.2, 0.25) is 0 Å². The first-order valence-corrected chi connectivity index (χ1v) is 7.13. The molecule has 2 N–H and O–H groups in total. The van der Waals surface area contributed by atoms with E-state index in [1.54, 1.807) is 6.92 Å². The molecule has 1 aromatic rings. The molecule has 0 spiro atoms. The van der Waals surface area contributed by atoms with E-state index in [9.17, 15) is 8.42 Å². The number of sulfonamides is 1. The first kappa shape index (κ1) is 14.1. The van der Waals surface area contributed by atoms with Gasteiger partial charge in [-0.05, 0) is 13.3 Å². The van der Waals surface area contributed by atoms with Crippen molar-refractivity contribution in [1.82, 2.24) is 14.9 Å². The lowest BCUT2D eigenvalue weighted by molar-refractivity contribution is 0.136. The molecule has 0 aromatic carbocycles. The molecule has 0 aliphatic rings. The number of ether oxygens (including phenoxy) is 1. The Kier molecular flexibility index (Phi) is 5.60. The summed E-state index contributed by atoms with van der Waals surface area (Å²) in [5.74, 6) is 0. The zero-order valence-corrected chi connectivity index (χ0v) is 11.0. The third-order valence-corrected chi connectivity index (χ3v) is 3.83. The average molecular weight is 261 g/mol. The van der Waals surface area contributed by atoms with E-state index in [0.717, 1.165) is 12.8 Å². The van der Waals surface area contributed by atoms with E-state index in [0.29, 0.717) is 18.9 Å². The van der Waals surface area contributed by atoms with E-state index < -0.39 is 10.0 Å². The van der Waals surface area contributed by atoms with Gasteiger partial charge in [0.25, 0.3) is 0 Å². The highest BCUT2D eigenvalue weighted by Crippen LogP contribution is 2.09. The fourth-order valence-electron chi connectivity index (χ4n) is 1.28. The molecule has 0 aliphatic carbocycles. The zero-order valence-electron chi connectivity index (χ0n) is 10.2. The van der Waals surface area contributed by atoms with Crippen LogP contribution in [0, 0.1) is 6.92 Å². The van der Waals surface area contributed by atoms with E-state index in [4.69, 9.17) is 4.74 Å². The molecule has 1 aromatic heterocycles. The number of aryl methyl sites for hydroxylation is 1. The molecule has 1 rings (SSSR count). The van der Waals surface area contributed by atoms with E-state index >= 15 is 0 Å². The van der Waals surface area contributed by atoms with Crippen LogP contribution in [0.3, 0.4) is 0 Å². The summed E-state index contributed by atoms with van der Waals surface area (Å²) in [4.78, 5) is 0.186. The summed E-state index contributed by atoms with van der Waals surface area (Å²) >= 11 is 0. The minimum atomic E-state index is -3.46. The van der Waals surface area contributed by atoms with Crippen LogP contribution in [0.1, 0.15) is 25.5 Å². The second kappa shape index (κ2) is 6.73. The second-order valence-electron chi connectivity index (χ2n) is 3.72. The summed E-state index contributed by atoms with van der Waals surface area (Å²) in [5, 5.41) is 6.27. The van der Waals surface area contributed by atoms with Gasteiger partial charge in [0.1, 0.15) is 4.90 Å². The largest absolute Gasteiger partial charge is 0.380 e. The highest BCUT2D eigenvalue weighted by molar-refractivity contribution is 7.89. The van der Waals surface area contributed by atoms with Crippen LogP contribution in [-0.2, 0) is 14.8 Å². The molecule has 0 radical (unpaired) electrons. The van der Waals surface area contributed by atoms with Crippen LogP contribution in [-0.4, -0.2) is 38.4 Å². The van der Waals surface area contributed by atoms with Crippen molar-refractivity contribution in [2.75, 3.05) is 19.8 Å². The van der Waals surface area contributed by atoms with Gasteiger partial charge in [0.05, 0.1) is 18.5 Å². The first-order valence-electron chi connectivity index (χ1n) is 5.65. The van der Waals surface area contributed by atoms with Gasteiger partial charge in [-0.15, -0.1) is 0 Å². The third-order valence-electron chi connectivity index (χ3n) is 2.25. The predicted molar refractivity (Wildman–Crippen MR) is 64.2 cm³/mol. The fraction of sp³-hybridized carbons (Fsp3) is 0.700. The maximum Gasteiger partial charge on any atom is 0.244 e. The number of aromatic amines is 1. The normalized spacial score (nSPS) is 11.9. The first-order chi connectivity index (χ1) is 8.08. The van der Waals surface area contributed by atoms with Crippen LogP contribution in [0.15, 0.2) is 11.1 Å². The molecule has 7 heteroatoms. The molecule has 0 saturated heterocycles. The maximum atomic E-state index is 11.8. The SMILES string of the molecule is CCCCOCCNS(=O)(=O)c1cn[nH]c1C. The summed E-state index contributed by atoms with van der Waals surface area (Å²) in [7, 11) is -3.46. The number of unbranched alkanes of at least 4 members (excludes halogenated alkanes) is 1. The molecular formula is C10H19N3O3S. The van der Waals surface area contributed by atoms with Crippen LogP contribution < -0.4 is 4.72 Å². The molecule has 0 atom stereocenters. The van der Waals surface area contributed by atoms with Gasteiger partial charge in [-0.2, -0.15) is 5.10 Å². The van der Waals surface area contributed by atoms with Crippen molar-refractivity contribution in [2.45, 2.75) is 31.6 Å². The van der Waals surface area contributed by atoms with Gasteiger partial charge in [-0.25, -0.2) is 13.1 Å². The number of rotatable bonds is 8. The summed E-state index contributed by atoms with van der Waals surface area (Å²) < 4.78 is 31.3. The quantitative estimate of drug-likeness (QED) is 0.678. The Morgan fingerprint density at radius 1 is 1.47 bits per heavy atom. The second-order valence-corrected chi connectivity index (χ2v) is 5.46. The van der Waals surface area contributed by atoms with Crippen molar-refractivity contribution in [3.63, 3.8) is 0 Å². The Morgan fingerprint density at radius 2 is 2.24 bits per heavy atom. The number of H-pyrrole nitrogens is 1. The lowest BCUT2D eigenvalue weighted by Gasteiger charge is -2.06. The highest BCUT2D eigenvalue weighted by Gasteiger charge is 2.17. The van der Waals surface area contributed by atoms with Crippen molar-refractivity contribution in [1.29, 1.82) is 0 Å². The van der Waals surface area contributed by atoms with Crippen LogP contribution in [0.4, 0.5) is 0 Å². The Bertz CT molecular complexity index is 428. The molecule has 0 fully saturated rings. The van der Waals surface area contributed by atoms with Gasteiger partial charge in [0, 0.05) is 13.2 Å². The number of hydrogen-bond donors (Lipinski definition) is 2. The van der Waals surface area contributed by atoms with Gasteiger partial charge >= 0.3 is 0 Å². The Morgan fingerprint density at radius 3 is 2.82 bits per heavy atom. The van der Waals surface area contributed by atoms with E-state index in [-0.39, 0.29) is 11.4 Å². The van der Waals surface area contributed by atoms with Gasteiger partial charge in [0.2, 0.25) is 10.0 Å². The van der Waals surface area contributed by atoms with Crippen molar-refractivity contribution in [3.05, 3.63) is 11.9 Å². The Labute approximate surface area is 102 Å². The number of aromatic nitrogens is 2. The summed E-state index contributed by atoms with van der Waals surface area (Å²) in [6, 6.07) is 0. The van der Waals surface area contributed by atoms with Crippen molar-refractivity contribution >= 4 is 10.0 Å². The Balaban J connectivity index is 2.34. The average Bonchev–Trinajstić information content (AvgIpc) is 2.70. The zero-order chi connectivity index (χ0) is 12.7. The topological polar surface area (TPSA) is 84.1 Å². The lowest BCUT2D eigenvalue weighted by atomic mass is 10.4. The molecule has 0 aliphatic heterocycles. The lowest BCUT2D eigenvalue weighted by Crippen LogP contribution is -2.27. The number of nitrogens with zero attached hydrogens (tertiary/aromatic N) is 1. The molecule has 6 nitrogen and oxygen atoms in total. The monoisotopic (exact) mass is 261 g/mol.